The van der Waals surface area contributed by atoms with E-state index in [0.29, 0.717) is 11.3 Å². The summed E-state index contributed by atoms with van der Waals surface area (Å²) in [7, 11) is 0. The minimum Gasteiger partial charge on any atom is -0.478 e. The van der Waals surface area contributed by atoms with Gasteiger partial charge in [0.05, 0.1) is 11.7 Å². The van der Waals surface area contributed by atoms with Crippen molar-refractivity contribution in [1.29, 1.82) is 0 Å². The molecule has 0 fully saturated rings. The molecule has 0 aliphatic heterocycles. The van der Waals surface area contributed by atoms with Crippen LogP contribution in [0.2, 0.25) is 0 Å². The number of anilines is 1. The lowest BCUT2D eigenvalue weighted by Gasteiger charge is -2.09. The van der Waals surface area contributed by atoms with E-state index in [0.717, 1.165) is 0 Å². The van der Waals surface area contributed by atoms with Crippen molar-refractivity contribution < 1.29 is 19.4 Å². The summed E-state index contributed by atoms with van der Waals surface area (Å²) in [6.45, 7) is 5.36. The van der Waals surface area contributed by atoms with Crippen molar-refractivity contribution in [3.63, 3.8) is 0 Å². The van der Waals surface area contributed by atoms with Crippen LogP contribution >= 0.6 is 0 Å². The highest BCUT2D eigenvalue weighted by atomic mass is 16.5. The number of nitrogens with one attached hydrogen (secondary N) is 1. The predicted molar refractivity (Wildman–Crippen MR) is 67.9 cm³/mol. The first-order valence-corrected chi connectivity index (χ1v) is 5.65. The average molecular weight is 251 g/mol. The lowest BCUT2D eigenvalue weighted by atomic mass is 10.1. The van der Waals surface area contributed by atoms with Gasteiger partial charge in [0.25, 0.3) is 0 Å². The van der Waals surface area contributed by atoms with Gasteiger partial charge in [-0.15, -0.1) is 0 Å². The first kappa shape index (κ1) is 14.2. The van der Waals surface area contributed by atoms with Crippen molar-refractivity contribution in [2.45, 2.75) is 26.9 Å². The first-order valence-electron chi connectivity index (χ1n) is 5.65. The number of aryl methyl sites for hydroxylation is 1. The third-order valence-electron chi connectivity index (χ3n) is 2.29. The number of aromatic carboxylic acids is 1. The number of carboxylic acids is 1. The van der Waals surface area contributed by atoms with Gasteiger partial charge in [-0.05, 0) is 44.5 Å². The zero-order valence-electron chi connectivity index (χ0n) is 10.7. The third kappa shape index (κ3) is 4.18. The Kier molecular flexibility index (Phi) is 4.85. The number of carbonyl (C=O) groups is 2. The maximum absolute atomic E-state index is 11.5. The molecule has 0 spiro atoms. The summed E-state index contributed by atoms with van der Waals surface area (Å²) in [5, 5.41) is 11.5. The molecule has 0 aliphatic carbocycles. The molecule has 0 aliphatic rings. The summed E-state index contributed by atoms with van der Waals surface area (Å²) in [6, 6.07) is 4.65. The van der Waals surface area contributed by atoms with Crippen molar-refractivity contribution in [3.05, 3.63) is 29.3 Å². The van der Waals surface area contributed by atoms with Crippen molar-refractivity contribution in [3.8, 4) is 0 Å². The number of hydrogen-bond donors (Lipinski definition) is 2. The second-order valence-corrected chi connectivity index (χ2v) is 4.24. The van der Waals surface area contributed by atoms with Crippen LogP contribution in [0.3, 0.4) is 0 Å². The van der Waals surface area contributed by atoms with E-state index in [1.807, 2.05) is 13.8 Å². The molecule has 1 rings (SSSR count). The number of hydrogen-bond acceptors (Lipinski definition) is 3. The normalized spacial score (nSPS) is 10.4. The molecule has 1 amide bonds. The number of amides is 1. The molecule has 0 bridgehead atoms. The molecular formula is C13H17NO4. The summed E-state index contributed by atoms with van der Waals surface area (Å²) < 4.78 is 5.16. The fourth-order valence-corrected chi connectivity index (χ4v) is 1.42. The van der Waals surface area contributed by atoms with Gasteiger partial charge in [0, 0.05) is 5.69 Å². The van der Waals surface area contributed by atoms with Gasteiger partial charge in [0.2, 0.25) is 5.91 Å². The fraction of sp³-hybridized carbons (Fsp3) is 0.385. The summed E-state index contributed by atoms with van der Waals surface area (Å²) in [6.07, 6.45) is -0.00753. The standard InChI is InChI=1S/C13H17NO4/c1-8(2)18-7-12(15)14-10-4-5-11(13(16)17)9(3)6-10/h4-6,8H,7H2,1-3H3,(H,14,15)(H,16,17). The monoisotopic (exact) mass is 251 g/mol. The molecule has 0 heterocycles. The lowest BCUT2D eigenvalue weighted by molar-refractivity contribution is -0.121. The lowest BCUT2D eigenvalue weighted by Crippen LogP contribution is -2.20. The van der Waals surface area contributed by atoms with Crippen LogP contribution in [0.5, 0.6) is 0 Å². The Morgan fingerprint density at radius 1 is 1.39 bits per heavy atom. The molecule has 0 atom stereocenters. The summed E-state index contributed by atoms with van der Waals surface area (Å²) in [5.41, 5.74) is 1.39. The van der Waals surface area contributed by atoms with Crippen LogP contribution in [-0.2, 0) is 9.53 Å². The molecule has 1 aromatic carbocycles. The van der Waals surface area contributed by atoms with E-state index < -0.39 is 5.97 Å². The number of rotatable bonds is 5. The molecule has 0 saturated carbocycles. The second kappa shape index (κ2) is 6.16. The Bertz CT molecular complexity index is 454. The zero-order chi connectivity index (χ0) is 13.7. The van der Waals surface area contributed by atoms with Gasteiger partial charge in [-0.1, -0.05) is 0 Å². The summed E-state index contributed by atoms with van der Waals surface area (Å²) in [5.74, 6) is -1.24. The van der Waals surface area contributed by atoms with E-state index in [9.17, 15) is 9.59 Å². The summed E-state index contributed by atoms with van der Waals surface area (Å²) in [4.78, 5) is 22.3. The molecule has 2 N–H and O–H groups in total. The number of benzene rings is 1. The molecule has 5 heteroatoms. The minimum atomic E-state index is -0.978. The highest BCUT2D eigenvalue weighted by Gasteiger charge is 2.09. The highest BCUT2D eigenvalue weighted by molar-refractivity contribution is 5.94. The Hall–Kier alpha value is -1.88. The van der Waals surface area contributed by atoms with E-state index >= 15 is 0 Å². The largest absolute Gasteiger partial charge is 0.478 e. The van der Waals surface area contributed by atoms with E-state index in [1.165, 1.54) is 6.07 Å². The molecule has 1 aromatic rings. The van der Waals surface area contributed by atoms with Crippen molar-refractivity contribution in [2.75, 3.05) is 11.9 Å². The van der Waals surface area contributed by atoms with Crippen LogP contribution in [0.25, 0.3) is 0 Å². The van der Waals surface area contributed by atoms with E-state index in [4.69, 9.17) is 9.84 Å². The molecule has 0 unspecified atom stereocenters. The van der Waals surface area contributed by atoms with Gasteiger partial charge in [0.1, 0.15) is 6.61 Å². The Morgan fingerprint density at radius 3 is 2.56 bits per heavy atom. The van der Waals surface area contributed by atoms with Gasteiger partial charge < -0.3 is 15.2 Å². The van der Waals surface area contributed by atoms with Crippen LogP contribution in [-0.4, -0.2) is 29.7 Å². The third-order valence-corrected chi connectivity index (χ3v) is 2.29. The fourth-order valence-electron chi connectivity index (χ4n) is 1.42. The molecule has 5 nitrogen and oxygen atoms in total. The second-order valence-electron chi connectivity index (χ2n) is 4.24. The van der Waals surface area contributed by atoms with Crippen molar-refractivity contribution in [1.82, 2.24) is 0 Å². The minimum absolute atomic E-state index is 0.00753. The predicted octanol–water partition coefficient (Wildman–Crippen LogP) is 2.06. The molecule has 18 heavy (non-hydrogen) atoms. The van der Waals surface area contributed by atoms with Crippen molar-refractivity contribution >= 4 is 17.6 Å². The van der Waals surface area contributed by atoms with E-state index in [2.05, 4.69) is 5.32 Å². The number of carbonyl (C=O) groups excluding carboxylic acids is 1. The van der Waals surface area contributed by atoms with Crippen molar-refractivity contribution in [2.24, 2.45) is 0 Å². The first-order chi connectivity index (χ1) is 8.40. The Labute approximate surface area is 106 Å². The summed E-state index contributed by atoms with van der Waals surface area (Å²) >= 11 is 0. The molecule has 0 saturated heterocycles. The average Bonchev–Trinajstić information content (AvgIpc) is 2.26. The Morgan fingerprint density at radius 2 is 2.06 bits per heavy atom. The number of carboxylic acid groups (broad SMARTS) is 1. The van der Waals surface area contributed by atoms with Gasteiger partial charge in [0.15, 0.2) is 0 Å². The van der Waals surface area contributed by atoms with Gasteiger partial charge >= 0.3 is 5.97 Å². The highest BCUT2D eigenvalue weighted by Crippen LogP contribution is 2.15. The van der Waals surface area contributed by atoms with E-state index in [-0.39, 0.29) is 24.2 Å². The van der Waals surface area contributed by atoms with Gasteiger partial charge in [-0.2, -0.15) is 0 Å². The van der Waals surface area contributed by atoms with Crippen LogP contribution < -0.4 is 5.32 Å². The Balaban J connectivity index is 2.66. The van der Waals surface area contributed by atoms with Gasteiger partial charge in [-0.25, -0.2) is 4.79 Å². The van der Waals surface area contributed by atoms with Gasteiger partial charge in [-0.3, -0.25) is 4.79 Å². The molecular weight excluding hydrogens is 234 g/mol. The maximum Gasteiger partial charge on any atom is 0.335 e. The molecule has 0 radical (unpaired) electrons. The molecule has 98 valence electrons. The maximum atomic E-state index is 11.5. The zero-order valence-corrected chi connectivity index (χ0v) is 10.7. The van der Waals surface area contributed by atoms with Crippen LogP contribution in [0.15, 0.2) is 18.2 Å². The van der Waals surface area contributed by atoms with Crippen LogP contribution in [0, 0.1) is 6.92 Å². The number of ether oxygens (including phenoxy) is 1. The molecule has 0 aromatic heterocycles. The van der Waals surface area contributed by atoms with E-state index in [1.54, 1.807) is 19.1 Å². The quantitative estimate of drug-likeness (QED) is 0.839. The van der Waals surface area contributed by atoms with Crippen LogP contribution in [0.1, 0.15) is 29.8 Å². The topological polar surface area (TPSA) is 75.6 Å². The van der Waals surface area contributed by atoms with Crippen LogP contribution in [0.4, 0.5) is 5.69 Å². The smallest absolute Gasteiger partial charge is 0.335 e. The SMILES string of the molecule is Cc1cc(NC(=O)COC(C)C)ccc1C(=O)O.